The Hall–Kier alpha value is -4.32. The fraction of sp³-hybridized carbons (Fsp3) is 0.568. The summed E-state index contributed by atoms with van der Waals surface area (Å²) in [5.41, 5.74) is 4.20. The number of hydrogen-bond acceptors (Lipinski definition) is 9. The summed E-state index contributed by atoms with van der Waals surface area (Å²) in [6.07, 6.45) is 6.09. The van der Waals surface area contributed by atoms with E-state index in [1.165, 1.54) is 5.01 Å². The number of cyclic esters (lactones) is 1. The second-order valence-corrected chi connectivity index (χ2v) is 14.0. The molecule has 4 atom stereocenters. The molecule has 3 heterocycles. The Morgan fingerprint density at radius 1 is 1.02 bits per heavy atom. The van der Waals surface area contributed by atoms with Gasteiger partial charge in [0.15, 0.2) is 6.10 Å². The molecule has 1 unspecified atom stereocenters. The second-order valence-electron chi connectivity index (χ2n) is 14.0. The van der Waals surface area contributed by atoms with Crippen LogP contribution < -0.4 is 16.1 Å². The van der Waals surface area contributed by atoms with Gasteiger partial charge in [-0.05, 0) is 82.4 Å². The van der Waals surface area contributed by atoms with Crippen molar-refractivity contribution in [3.63, 3.8) is 0 Å². The zero-order chi connectivity index (χ0) is 35.3. The third-order valence-corrected chi connectivity index (χ3v) is 9.71. The van der Waals surface area contributed by atoms with E-state index in [0.29, 0.717) is 63.6 Å². The molecule has 12 heteroatoms. The first-order valence-corrected chi connectivity index (χ1v) is 17.6. The lowest BCUT2D eigenvalue weighted by Crippen LogP contribution is -2.61. The molecule has 5 rings (SSSR count). The van der Waals surface area contributed by atoms with Gasteiger partial charge in [-0.3, -0.25) is 34.0 Å². The molecule has 1 spiro atoms. The van der Waals surface area contributed by atoms with E-state index >= 15 is 0 Å². The molecule has 2 aromatic rings. The highest BCUT2D eigenvalue weighted by Gasteiger charge is 2.44. The van der Waals surface area contributed by atoms with Crippen LogP contribution in [-0.2, 0) is 33.4 Å². The highest BCUT2D eigenvalue weighted by atomic mass is 16.6. The van der Waals surface area contributed by atoms with Crippen molar-refractivity contribution in [3.05, 3.63) is 47.7 Å². The van der Waals surface area contributed by atoms with Crippen LogP contribution in [0.15, 0.2) is 36.4 Å². The van der Waals surface area contributed by atoms with Crippen LogP contribution in [0.4, 0.5) is 0 Å². The van der Waals surface area contributed by atoms with Crippen LogP contribution in [-0.4, -0.2) is 70.5 Å². The van der Waals surface area contributed by atoms with E-state index in [4.69, 9.17) is 14.5 Å². The van der Waals surface area contributed by atoms with Gasteiger partial charge in [-0.1, -0.05) is 51.1 Å². The summed E-state index contributed by atoms with van der Waals surface area (Å²) in [7, 11) is 0. The van der Waals surface area contributed by atoms with Crippen LogP contribution in [0.25, 0.3) is 17.0 Å². The number of amides is 3. The molecular formula is C37H49N5O7. The molecule has 12 nitrogen and oxygen atoms in total. The SMILES string of the molecule is CCCC(=O)O[C@H]1CC[C@]2(/C=C/c3ccc4ccc(nc4c3)[C@@H](C)NC(=O)C3CCCN(N3)C(=O)[C@H](C)NC(=O)[C@H](C(C)C)OC2=O)CC1. The largest absolute Gasteiger partial charge is 0.462 e. The number of hydrazine groups is 1. The van der Waals surface area contributed by atoms with Crippen molar-refractivity contribution in [1.82, 2.24) is 26.1 Å². The highest BCUT2D eigenvalue weighted by molar-refractivity contribution is 5.92. The number of aromatic nitrogens is 1. The fourth-order valence-corrected chi connectivity index (χ4v) is 6.70. The number of nitrogens with zero attached hydrogens (tertiary/aromatic N) is 2. The minimum absolute atomic E-state index is 0.249. The molecule has 264 valence electrons. The first-order valence-electron chi connectivity index (χ1n) is 17.6. The third kappa shape index (κ3) is 8.46. The van der Waals surface area contributed by atoms with Gasteiger partial charge in [-0.2, -0.15) is 0 Å². The van der Waals surface area contributed by atoms with Crippen LogP contribution in [0.3, 0.4) is 0 Å². The van der Waals surface area contributed by atoms with E-state index in [0.717, 1.165) is 16.5 Å². The third-order valence-electron chi connectivity index (χ3n) is 9.71. The van der Waals surface area contributed by atoms with Gasteiger partial charge >= 0.3 is 11.9 Å². The molecule has 1 saturated heterocycles. The van der Waals surface area contributed by atoms with E-state index in [1.54, 1.807) is 20.8 Å². The quantitative estimate of drug-likeness (QED) is 0.403. The predicted octanol–water partition coefficient (Wildman–Crippen LogP) is 4.28. The number of benzene rings is 1. The van der Waals surface area contributed by atoms with Gasteiger partial charge in [0.05, 0.1) is 22.7 Å². The molecule has 1 aromatic heterocycles. The maximum atomic E-state index is 14.2. The molecule has 0 radical (unpaired) electrons. The summed E-state index contributed by atoms with van der Waals surface area (Å²) < 4.78 is 11.7. The smallest absolute Gasteiger partial charge is 0.316 e. The van der Waals surface area contributed by atoms with Gasteiger partial charge in [-0.15, -0.1) is 0 Å². The lowest BCUT2D eigenvalue weighted by Gasteiger charge is -2.37. The summed E-state index contributed by atoms with van der Waals surface area (Å²) in [6, 6.07) is 7.69. The number of ether oxygens (including phenoxy) is 2. The Morgan fingerprint density at radius 3 is 2.45 bits per heavy atom. The maximum absolute atomic E-state index is 14.2. The van der Waals surface area contributed by atoms with E-state index in [-0.39, 0.29) is 23.9 Å². The minimum Gasteiger partial charge on any atom is -0.462 e. The molecule has 49 heavy (non-hydrogen) atoms. The Balaban J connectivity index is 1.50. The monoisotopic (exact) mass is 675 g/mol. The molecule has 3 N–H and O–H groups in total. The molecule has 2 aliphatic heterocycles. The molecule has 3 amide bonds. The fourth-order valence-electron chi connectivity index (χ4n) is 6.70. The summed E-state index contributed by atoms with van der Waals surface area (Å²) in [6.45, 7) is 9.30. The number of carbonyl (C=O) groups is 5. The first-order chi connectivity index (χ1) is 23.4. The molecule has 5 bridgehead atoms. The summed E-state index contributed by atoms with van der Waals surface area (Å²) in [5, 5.41) is 8.07. The zero-order valence-corrected chi connectivity index (χ0v) is 29.1. The number of hydrogen-bond donors (Lipinski definition) is 3. The van der Waals surface area contributed by atoms with Crippen molar-refractivity contribution in [2.45, 2.75) is 116 Å². The molecule has 3 aliphatic rings. The molecule has 1 aromatic carbocycles. The zero-order valence-electron chi connectivity index (χ0n) is 29.1. The Labute approximate surface area is 287 Å². The molecule has 2 fully saturated rings. The van der Waals surface area contributed by atoms with Gasteiger partial charge in [-0.25, -0.2) is 5.43 Å². The Bertz CT molecular complexity index is 1600. The lowest BCUT2D eigenvalue weighted by molar-refractivity contribution is -0.170. The normalized spacial score (nSPS) is 29.3. The minimum atomic E-state index is -1.15. The molecule has 1 saturated carbocycles. The Kier molecular flexibility index (Phi) is 11.4. The van der Waals surface area contributed by atoms with Gasteiger partial charge in [0.1, 0.15) is 18.2 Å². The van der Waals surface area contributed by atoms with Gasteiger partial charge in [0, 0.05) is 18.4 Å². The van der Waals surface area contributed by atoms with Crippen LogP contribution in [0.2, 0.25) is 0 Å². The van der Waals surface area contributed by atoms with Gasteiger partial charge in [0.25, 0.3) is 11.8 Å². The van der Waals surface area contributed by atoms with Gasteiger partial charge < -0.3 is 20.1 Å². The predicted molar refractivity (Wildman–Crippen MR) is 183 cm³/mol. The maximum Gasteiger partial charge on any atom is 0.316 e. The topological polar surface area (TPSA) is 156 Å². The first kappa shape index (κ1) is 36.0. The highest BCUT2D eigenvalue weighted by Crippen LogP contribution is 2.41. The van der Waals surface area contributed by atoms with E-state index in [9.17, 15) is 24.0 Å². The van der Waals surface area contributed by atoms with Crippen LogP contribution in [0, 0.1) is 11.3 Å². The second kappa shape index (κ2) is 15.5. The van der Waals surface area contributed by atoms with Crippen LogP contribution in [0.1, 0.15) is 103 Å². The van der Waals surface area contributed by atoms with E-state index < -0.39 is 47.4 Å². The van der Waals surface area contributed by atoms with Gasteiger partial charge in [0.2, 0.25) is 5.91 Å². The number of carbonyl (C=O) groups excluding carboxylic acids is 5. The van der Waals surface area contributed by atoms with Crippen LogP contribution >= 0.6 is 0 Å². The van der Waals surface area contributed by atoms with Crippen molar-refractivity contribution in [3.8, 4) is 0 Å². The van der Waals surface area contributed by atoms with Crippen molar-refractivity contribution in [2.75, 3.05) is 6.54 Å². The average molecular weight is 676 g/mol. The summed E-state index contributed by atoms with van der Waals surface area (Å²) in [5.74, 6) is -2.41. The number of esters is 2. The molecule has 1 aliphatic carbocycles. The van der Waals surface area contributed by atoms with Crippen LogP contribution in [0.5, 0.6) is 0 Å². The van der Waals surface area contributed by atoms with Crippen molar-refractivity contribution < 1.29 is 33.4 Å². The van der Waals surface area contributed by atoms with Crippen molar-refractivity contribution in [1.29, 1.82) is 0 Å². The Morgan fingerprint density at radius 2 is 1.73 bits per heavy atom. The lowest BCUT2D eigenvalue weighted by atomic mass is 9.72. The molecular weight excluding hydrogens is 626 g/mol. The van der Waals surface area contributed by atoms with E-state index in [2.05, 4.69) is 16.1 Å². The average Bonchev–Trinajstić information content (AvgIpc) is 3.09. The number of fused-ring (bicyclic) bond motifs is 4. The summed E-state index contributed by atoms with van der Waals surface area (Å²) in [4.78, 5) is 71.6. The summed E-state index contributed by atoms with van der Waals surface area (Å²) >= 11 is 0. The van der Waals surface area contributed by atoms with Crippen molar-refractivity contribution in [2.24, 2.45) is 11.3 Å². The van der Waals surface area contributed by atoms with E-state index in [1.807, 2.05) is 56.3 Å². The number of nitrogens with one attached hydrogen (secondary N) is 3. The number of rotatable bonds is 4. The number of pyridine rings is 1. The van der Waals surface area contributed by atoms with Crippen molar-refractivity contribution >= 4 is 46.6 Å². The standard InChI is InChI=1S/C37H49N5O7/c1-6-8-31(43)48-27-15-18-37(19-16-27)17-14-25-10-11-26-12-13-28(40-30(26)21-25)23(4)38-33(44)29-9-7-20-42(41-29)35(46)24(5)39-34(45)32(22(2)3)49-36(37)47/h10-14,17,21-24,27,29,32,41H,6-9,15-16,18-20H2,1-5H3,(H,38,44)(H,39,45)/b17-14+/t23-,24+,27-,29?,32+,37+/m1/s1.